The summed E-state index contributed by atoms with van der Waals surface area (Å²) in [7, 11) is 3.14. The lowest BCUT2D eigenvalue weighted by atomic mass is 10.4. The maximum Gasteiger partial charge on any atom is 0.320 e. The van der Waals surface area contributed by atoms with Crippen LogP contribution < -0.4 is 9.47 Å². The molecule has 0 aliphatic rings. The van der Waals surface area contributed by atoms with Gasteiger partial charge in [-0.3, -0.25) is 0 Å². The summed E-state index contributed by atoms with van der Waals surface area (Å²) < 4.78 is 11.1. The van der Waals surface area contributed by atoms with Gasteiger partial charge in [-0.25, -0.2) is 0 Å². The lowest BCUT2D eigenvalue weighted by Gasteiger charge is -2.02. The van der Waals surface area contributed by atoms with Crippen molar-refractivity contribution in [3.63, 3.8) is 0 Å². The number of methoxy groups -OCH3 is 2. The minimum atomic E-state index is 0.340. The topological polar surface area (TPSA) is 44.2 Å². The maximum absolute atomic E-state index is 5.16. The van der Waals surface area contributed by atoms with Crippen molar-refractivity contribution in [1.29, 1.82) is 0 Å². The number of nitrogens with zero attached hydrogens (tertiary/aromatic N) is 2. The number of fused-ring (bicyclic) bond motifs is 1. The summed E-state index contributed by atoms with van der Waals surface area (Å²) in [5, 5.41) is 0. The Kier molecular flexibility index (Phi) is 2.25. The highest BCUT2D eigenvalue weighted by Gasteiger charge is 2.10. The van der Waals surface area contributed by atoms with Crippen molar-refractivity contribution >= 4 is 21.6 Å². The van der Waals surface area contributed by atoms with Crippen LogP contribution in [0.3, 0.4) is 0 Å². The van der Waals surface area contributed by atoms with Crippen LogP contribution in [0.15, 0.2) is 6.07 Å². The Morgan fingerprint density at radius 1 is 1.21 bits per heavy atom. The normalized spacial score (nSPS) is 10.5. The Labute approximate surface area is 85.5 Å². The van der Waals surface area contributed by atoms with E-state index in [2.05, 4.69) is 9.97 Å². The zero-order valence-electron chi connectivity index (χ0n) is 8.20. The van der Waals surface area contributed by atoms with Gasteiger partial charge >= 0.3 is 6.01 Å². The number of aryl methyl sites for hydroxylation is 1. The molecule has 0 saturated heterocycles. The molecule has 2 rings (SSSR count). The Balaban J connectivity index is 2.72. The third kappa shape index (κ3) is 1.39. The highest BCUT2D eigenvalue weighted by Crippen LogP contribution is 2.31. The second-order valence-electron chi connectivity index (χ2n) is 2.79. The van der Waals surface area contributed by atoms with Gasteiger partial charge in [0, 0.05) is 4.88 Å². The molecule has 0 atom stereocenters. The van der Waals surface area contributed by atoms with Crippen LogP contribution in [-0.2, 0) is 0 Å². The van der Waals surface area contributed by atoms with Gasteiger partial charge in [-0.1, -0.05) is 0 Å². The van der Waals surface area contributed by atoms with E-state index in [0.717, 1.165) is 10.2 Å². The summed E-state index contributed by atoms with van der Waals surface area (Å²) in [5.74, 6) is 0.574. The van der Waals surface area contributed by atoms with Gasteiger partial charge < -0.3 is 9.47 Å². The molecule has 0 fully saturated rings. The zero-order chi connectivity index (χ0) is 10.1. The Morgan fingerprint density at radius 3 is 2.64 bits per heavy atom. The molecule has 0 aliphatic carbocycles. The van der Waals surface area contributed by atoms with E-state index < -0.39 is 0 Å². The van der Waals surface area contributed by atoms with Crippen molar-refractivity contribution in [2.45, 2.75) is 6.92 Å². The highest BCUT2D eigenvalue weighted by molar-refractivity contribution is 7.19. The molecule has 0 bridgehead atoms. The summed E-state index contributed by atoms with van der Waals surface area (Å²) in [6, 6.07) is 2.33. The largest absolute Gasteiger partial charge is 0.480 e. The van der Waals surface area contributed by atoms with E-state index in [9.17, 15) is 0 Å². The van der Waals surface area contributed by atoms with Gasteiger partial charge in [0.15, 0.2) is 0 Å². The zero-order valence-corrected chi connectivity index (χ0v) is 9.01. The van der Waals surface area contributed by atoms with Crippen LogP contribution in [0.2, 0.25) is 0 Å². The van der Waals surface area contributed by atoms with Crippen molar-refractivity contribution in [1.82, 2.24) is 9.97 Å². The second kappa shape index (κ2) is 3.42. The average Bonchev–Trinajstić information content (AvgIpc) is 2.56. The van der Waals surface area contributed by atoms with Crippen molar-refractivity contribution in [2.75, 3.05) is 14.2 Å². The Bertz CT molecular complexity index is 467. The molecule has 0 unspecified atom stereocenters. The fraction of sp³-hybridized carbons (Fsp3) is 0.333. The first kappa shape index (κ1) is 9.21. The number of hydrogen-bond donors (Lipinski definition) is 0. The van der Waals surface area contributed by atoms with Gasteiger partial charge in [-0.15, -0.1) is 11.3 Å². The van der Waals surface area contributed by atoms with Crippen molar-refractivity contribution in [3.05, 3.63) is 10.9 Å². The molecule has 4 nitrogen and oxygen atoms in total. The van der Waals surface area contributed by atoms with Crippen LogP contribution in [0.4, 0.5) is 0 Å². The van der Waals surface area contributed by atoms with Crippen LogP contribution in [-0.4, -0.2) is 24.2 Å². The van der Waals surface area contributed by atoms with E-state index >= 15 is 0 Å². The van der Waals surface area contributed by atoms with E-state index in [0.29, 0.717) is 11.9 Å². The van der Waals surface area contributed by atoms with Crippen LogP contribution >= 0.6 is 11.3 Å². The Morgan fingerprint density at radius 2 is 2.00 bits per heavy atom. The molecule has 0 amide bonds. The Hall–Kier alpha value is -1.36. The predicted octanol–water partition coefficient (Wildman–Crippen LogP) is 2.02. The minimum Gasteiger partial charge on any atom is -0.480 e. The number of rotatable bonds is 2. The van der Waals surface area contributed by atoms with Gasteiger partial charge in [0.2, 0.25) is 5.88 Å². The summed E-state index contributed by atoms with van der Waals surface area (Å²) in [4.78, 5) is 9.51. The fourth-order valence-electron chi connectivity index (χ4n) is 1.23. The van der Waals surface area contributed by atoms with E-state index in [-0.39, 0.29) is 0 Å². The van der Waals surface area contributed by atoms with E-state index in [1.807, 2.05) is 13.0 Å². The molecule has 0 radical (unpaired) electrons. The second-order valence-corrected chi connectivity index (χ2v) is 4.05. The van der Waals surface area contributed by atoms with Crippen LogP contribution in [0.1, 0.15) is 4.88 Å². The molecule has 74 valence electrons. The summed E-state index contributed by atoms with van der Waals surface area (Å²) in [6.07, 6.45) is 0. The maximum atomic E-state index is 5.16. The third-order valence-electron chi connectivity index (χ3n) is 1.82. The first-order chi connectivity index (χ1) is 6.74. The van der Waals surface area contributed by atoms with Gasteiger partial charge in [-0.05, 0) is 13.0 Å². The fourth-order valence-corrected chi connectivity index (χ4v) is 2.15. The van der Waals surface area contributed by atoms with E-state index in [4.69, 9.17) is 9.47 Å². The number of ether oxygens (including phenoxy) is 2. The molecule has 2 aromatic heterocycles. The lowest BCUT2D eigenvalue weighted by molar-refractivity contribution is 0.357. The first-order valence-electron chi connectivity index (χ1n) is 4.10. The van der Waals surface area contributed by atoms with Crippen molar-refractivity contribution in [3.8, 4) is 11.9 Å². The first-order valence-corrected chi connectivity index (χ1v) is 4.92. The van der Waals surface area contributed by atoms with Crippen molar-refractivity contribution in [2.24, 2.45) is 0 Å². The summed E-state index contributed by atoms with van der Waals surface area (Å²) >= 11 is 1.62. The van der Waals surface area contributed by atoms with Crippen LogP contribution in [0.5, 0.6) is 11.9 Å². The molecule has 0 N–H and O–H groups in total. The summed E-state index contributed by atoms with van der Waals surface area (Å²) in [5.41, 5.74) is 0.871. The molecule has 2 heterocycles. The quantitative estimate of drug-likeness (QED) is 0.760. The molecular formula is C9H10N2O2S. The van der Waals surface area contributed by atoms with Crippen LogP contribution in [0, 0.1) is 6.92 Å². The third-order valence-corrected chi connectivity index (χ3v) is 2.85. The van der Waals surface area contributed by atoms with E-state index in [1.54, 1.807) is 25.6 Å². The van der Waals surface area contributed by atoms with Crippen molar-refractivity contribution < 1.29 is 9.47 Å². The lowest BCUT2D eigenvalue weighted by Crippen LogP contribution is -1.94. The molecule has 14 heavy (non-hydrogen) atoms. The average molecular weight is 210 g/mol. The van der Waals surface area contributed by atoms with Gasteiger partial charge in [0.25, 0.3) is 0 Å². The molecule has 0 saturated carbocycles. The molecule has 0 aromatic carbocycles. The molecule has 0 aliphatic heterocycles. The van der Waals surface area contributed by atoms with Gasteiger partial charge in [-0.2, -0.15) is 9.97 Å². The number of aromatic nitrogens is 2. The minimum absolute atomic E-state index is 0.340. The van der Waals surface area contributed by atoms with Gasteiger partial charge in [0.1, 0.15) is 4.70 Å². The standard InChI is InChI=1S/C9H10N2O2S/c1-5-4-6-7(14-5)8(12-2)11-9(10-6)13-3/h4H,1-3H3. The molecule has 5 heteroatoms. The summed E-state index contributed by atoms with van der Waals surface area (Å²) in [6.45, 7) is 2.03. The molecule has 2 aromatic rings. The number of hydrogen-bond acceptors (Lipinski definition) is 5. The predicted molar refractivity (Wildman–Crippen MR) is 55.3 cm³/mol. The SMILES string of the molecule is COc1nc(OC)c2sc(C)cc2n1. The highest BCUT2D eigenvalue weighted by atomic mass is 32.1. The molecular weight excluding hydrogens is 200 g/mol. The molecule has 0 spiro atoms. The van der Waals surface area contributed by atoms with Gasteiger partial charge in [0.05, 0.1) is 19.7 Å². The smallest absolute Gasteiger partial charge is 0.320 e. The van der Waals surface area contributed by atoms with Crippen LogP contribution in [0.25, 0.3) is 10.2 Å². The number of thiophene rings is 1. The van der Waals surface area contributed by atoms with E-state index in [1.165, 1.54) is 4.88 Å². The monoisotopic (exact) mass is 210 g/mol.